The Morgan fingerprint density at radius 1 is 1.13 bits per heavy atom. The van der Waals surface area contributed by atoms with Crippen molar-refractivity contribution in [1.82, 2.24) is 4.90 Å². The van der Waals surface area contributed by atoms with E-state index < -0.39 is 0 Å². The Morgan fingerprint density at radius 2 is 1.73 bits per heavy atom. The molecule has 1 unspecified atom stereocenters. The highest BCUT2D eigenvalue weighted by atomic mass is 16.2. The van der Waals surface area contributed by atoms with Gasteiger partial charge in [0.15, 0.2) is 0 Å². The van der Waals surface area contributed by atoms with Crippen molar-refractivity contribution in [3.05, 3.63) is 0 Å². The largest absolute Gasteiger partial charge is 0.280 e. The first-order valence-corrected chi connectivity index (χ1v) is 6.05. The molecule has 0 aliphatic carbocycles. The Balaban J connectivity index is 2.49. The number of hydrogen-bond acceptors (Lipinski definition) is 2. The molecule has 0 aromatic rings. The van der Waals surface area contributed by atoms with Crippen molar-refractivity contribution in [2.45, 2.75) is 64.8 Å². The van der Waals surface area contributed by atoms with Crippen LogP contribution in [-0.4, -0.2) is 22.8 Å². The van der Waals surface area contributed by atoms with Crippen LogP contribution in [0.25, 0.3) is 0 Å². The summed E-state index contributed by atoms with van der Waals surface area (Å²) in [6, 6.07) is 0.152. The van der Waals surface area contributed by atoms with Crippen molar-refractivity contribution in [2.75, 3.05) is 0 Å². The zero-order chi connectivity index (χ0) is 11.3. The highest BCUT2D eigenvalue weighted by Crippen LogP contribution is 2.21. The molecule has 3 heteroatoms. The summed E-state index contributed by atoms with van der Waals surface area (Å²) in [6.07, 6.45) is 6.19. The van der Waals surface area contributed by atoms with Crippen molar-refractivity contribution >= 4 is 11.8 Å². The number of unbranched alkanes of at least 4 members (excludes halogenated alkanes) is 2. The van der Waals surface area contributed by atoms with Crippen LogP contribution in [0.1, 0.15) is 58.8 Å². The molecule has 0 aromatic heterocycles. The number of imide groups is 1. The molecular formula is C12H21NO2. The van der Waals surface area contributed by atoms with Crippen molar-refractivity contribution in [3.8, 4) is 0 Å². The Labute approximate surface area is 91.8 Å². The number of nitrogens with zero attached hydrogens (tertiary/aromatic N) is 1. The van der Waals surface area contributed by atoms with Crippen molar-refractivity contribution in [1.29, 1.82) is 0 Å². The summed E-state index contributed by atoms with van der Waals surface area (Å²) in [4.78, 5) is 24.6. The molecule has 0 aromatic carbocycles. The van der Waals surface area contributed by atoms with Gasteiger partial charge in [0.1, 0.15) is 0 Å². The predicted molar refractivity (Wildman–Crippen MR) is 59.3 cm³/mol. The van der Waals surface area contributed by atoms with Crippen LogP contribution >= 0.6 is 0 Å². The van der Waals surface area contributed by atoms with Crippen LogP contribution < -0.4 is 0 Å². The Morgan fingerprint density at radius 3 is 2.20 bits per heavy atom. The van der Waals surface area contributed by atoms with Gasteiger partial charge in [-0.1, -0.05) is 33.1 Å². The third-order valence-corrected chi connectivity index (χ3v) is 3.07. The van der Waals surface area contributed by atoms with E-state index in [9.17, 15) is 9.59 Å². The van der Waals surface area contributed by atoms with E-state index in [-0.39, 0.29) is 17.9 Å². The number of amides is 2. The number of carbonyl (C=O) groups excluding carboxylic acids is 2. The fraction of sp³-hybridized carbons (Fsp3) is 0.833. The summed E-state index contributed by atoms with van der Waals surface area (Å²) >= 11 is 0. The summed E-state index contributed by atoms with van der Waals surface area (Å²) in [7, 11) is 0. The second-order valence-corrected chi connectivity index (χ2v) is 4.22. The normalized spacial score (nSPS) is 18.7. The lowest BCUT2D eigenvalue weighted by molar-refractivity contribution is -0.141. The molecule has 0 N–H and O–H groups in total. The van der Waals surface area contributed by atoms with Crippen molar-refractivity contribution in [3.63, 3.8) is 0 Å². The summed E-state index contributed by atoms with van der Waals surface area (Å²) in [5.74, 6) is 0.0618. The van der Waals surface area contributed by atoms with Crippen LogP contribution in [0.3, 0.4) is 0 Å². The zero-order valence-corrected chi connectivity index (χ0v) is 9.79. The van der Waals surface area contributed by atoms with Gasteiger partial charge in [-0.15, -0.1) is 0 Å². The van der Waals surface area contributed by atoms with Gasteiger partial charge in [-0.3, -0.25) is 14.5 Å². The molecule has 3 nitrogen and oxygen atoms in total. The third-order valence-electron chi connectivity index (χ3n) is 3.07. The molecule has 2 amide bonds. The van der Waals surface area contributed by atoms with E-state index >= 15 is 0 Å². The average molecular weight is 211 g/mol. The molecule has 1 saturated heterocycles. The van der Waals surface area contributed by atoms with E-state index in [1.165, 1.54) is 17.7 Å². The lowest BCUT2D eigenvalue weighted by Gasteiger charge is -2.25. The number of rotatable bonds is 6. The lowest BCUT2D eigenvalue weighted by Crippen LogP contribution is -2.38. The second-order valence-electron chi connectivity index (χ2n) is 4.22. The van der Waals surface area contributed by atoms with Crippen LogP contribution in [0.4, 0.5) is 0 Å². The van der Waals surface area contributed by atoms with Gasteiger partial charge < -0.3 is 0 Å². The van der Waals surface area contributed by atoms with Crippen LogP contribution in [-0.2, 0) is 9.59 Å². The molecule has 15 heavy (non-hydrogen) atoms. The van der Waals surface area contributed by atoms with E-state index in [2.05, 4.69) is 13.8 Å². The summed E-state index contributed by atoms with van der Waals surface area (Å²) in [5, 5.41) is 0. The fourth-order valence-corrected chi connectivity index (χ4v) is 2.15. The van der Waals surface area contributed by atoms with Gasteiger partial charge in [0.25, 0.3) is 0 Å². The minimum atomic E-state index is 0.0309. The van der Waals surface area contributed by atoms with Gasteiger partial charge >= 0.3 is 0 Å². The number of hydrogen-bond donors (Lipinski definition) is 0. The maximum Gasteiger partial charge on any atom is 0.229 e. The molecule has 1 atom stereocenters. The van der Waals surface area contributed by atoms with E-state index in [1.54, 1.807) is 0 Å². The van der Waals surface area contributed by atoms with Gasteiger partial charge in [0, 0.05) is 18.9 Å². The zero-order valence-electron chi connectivity index (χ0n) is 9.79. The highest BCUT2D eigenvalue weighted by Gasteiger charge is 2.33. The molecule has 1 rings (SSSR count). The van der Waals surface area contributed by atoms with Gasteiger partial charge in [0.2, 0.25) is 11.8 Å². The maximum absolute atomic E-state index is 11.5. The quantitative estimate of drug-likeness (QED) is 0.500. The van der Waals surface area contributed by atoms with Crippen molar-refractivity contribution in [2.24, 2.45) is 0 Å². The first-order chi connectivity index (χ1) is 7.20. The molecule has 1 heterocycles. The summed E-state index contributed by atoms with van der Waals surface area (Å²) in [6.45, 7) is 4.21. The van der Waals surface area contributed by atoms with Crippen molar-refractivity contribution < 1.29 is 9.59 Å². The third kappa shape index (κ3) is 3.05. The molecule has 0 bridgehead atoms. The SMILES string of the molecule is CCCCCC(CC)N1C(=O)CCC1=O. The molecule has 0 radical (unpaired) electrons. The smallest absolute Gasteiger partial charge is 0.229 e. The van der Waals surface area contributed by atoms with Gasteiger partial charge in [-0.2, -0.15) is 0 Å². The monoisotopic (exact) mass is 211 g/mol. The molecule has 1 fully saturated rings. The van der Waals surface area contributed by atoms with Gasteiger partial charge in [-0.25, -0.2) is 0 Å². The number of carbonyl (C=O) groups is 2. The average Bonchev–Trinajstić information content (AvgIpc) is 2.55. The Bertz CT molecular complexity index is 222. The highest BCUT2D eigenvalue weighted by molar-refractivity contribution is 6.02. The first kappa shape index (κ1) is 12.2. The van der Waals surface area contributed by atoms with E-state index in [1.807, 2.05) is 0 Å². The minimum Gasteiger partial charge on any atom is -0.280 e. The van der Waals surface area contributed by atoms with Crippen LogP contribution in [0.2, 0.25) is 0 Å². The van der Waals surface area contributed by atoms with Crippen LogP contribution in [0, 0.1) is 0 Å². The summed E-state index contributed by atoms with van der Waals surface area (Å²) in [5.41, 5.74) is 0. The Kier molecular flexibility index (Phi) is 4.79. The molecule has 86 valence electrons. The summed E-state index contributed by atoms with van der Waals surface area (Å²) < 4.78 is 0. The molecule has 1 aliphatic rings. The van der Waals surface area contributed by atoms with E-state index in [0.29, 0.717) is 12.8 Å². The molecule has 0 spiro atoms. The predicted octanol–water partition coefficient (Wildman–Crippen LogP) is 2.49. The number of likely N-dealkylation sites (tertiary alicyclic amines) is 1. The van der Waals surface area contributed by atoms with Crippen LogP contribution in [0.15, 0.2) is 0 Å². The molecule has 1 aliphatic heterocycles. The Hall–Kier alpha value is -0.860. The molecule has 0 saturated carbocycles. The van der Waals surface area contributed by atoms with E-state index in [0.717, 1.165) is 19.3 Å². The maximum atomic E-state index is 11.5. The van der Waals surface area contributed by atoms with Gasteiger partial charge in [0.05, 0.1) is 0 Å². The lowest BCUT2D eigenvalue weighted by atomic mass is 10.0. The topological polar surface area (TPSA) is 37.4 Å². The van der Waals surface area contributed by atoms with Crippen LogP contribution in [0.5, 0.6) is 0 Å². The second kappa shape index (κ2) is 5.89. The standard InChI is InChI=1S/C12H21NO2/c1-3-5-6-7-10(4-2)13-11(14)8-9-12(13)15/h10H,3-9H2,1-2H3. The minimum absolute atomic E-state index is 0.0309. The molecular weight excluding hydrogens is 190 g/mol. The fourth-order valence-electron chi connectivity index (χ4n) is 2.15. The van der Waals surface area contributed by atoms with E-state index in [4.69, 9.17) is 0 Å². The van der Waals surface area contributed by atoms with Gasteiger partial charge in [-0.05, 0) is 12.8 Å². The first-order valence-electron chi connectivity index (χ1n) is 6.05.